The monoisotopic (exact) mass is 404 g/mol. The van der Waals surface area contributed by atoms with Crippen LogP contribution in [0, 0.1) is 0 Å². The standard InChI is InChI=1S/C24H24N2O4/c1-2-28-21-11-13-22(14-12-21)30-18-24(27)26-25-16-20-9-6-10-23(15-20)29-17-19-7-4-3-5-8-19/h3-16H,2,17-18H2,1H3,(H,26,27)/b25-16-. The van der Waals surface area contributed by atoms with Crippen molar-refractivity contribution in [1.82, 2.24) is 5.43 Å². The molecule has 0 saturated carbocycles. The van der Waals surface area contributed by atoms with Gasteiger partial charge in [0.2, 0.25) is 0 Å². The van der Waals surface area contributed by atoms with E-state index in [1.165, 1.54) is 0 Å². The van der Waals surface area contributed by atoms with Crippen LogP contribution >= 0.6 is 0 Å². The zero-order valence-corrected chi connectivity index (χ0v) is 16.8. The van der Waals surface area contributed by atoms with Crippen LogP contribution in [0.5, 0.6) is 17.2 Å². The lowest BCUT2D eigenvalue weighted by molar-refractivity contribution is -0.123. The average molecular weight is 404 g/mol. The highest BCUT2D eigenvalue weighted by molar-refractivity contribution is 5.83. The minimum absolute atomic E-state index is 0.133. The number of benzene rings is 3. The van der Waals surface area contributed by atoms with Gasteiger partial charge in [0.1, 0.15) is 23.9 Å². The van der Waals surface area contributed by atoms with E-state index in [2.05, 4.69) is 10.5 Å². The Balaban J connectivity index is 1.43. The summed E-state index contributed by atoms with van der Waals surface area (Å²) in [6, 6.07) is 24.5. The second-order valence-corrected chi connectivity index (χ2v) is 6.33. The average Bonchev–Trinajstić information content (AvgIpc) is 2.78. The van der Waals surface area contributed by atoms with Crippen molar-refractivity contribution in [2.75, 3.05) is 13.2 Å². The molecule has 1 amide bonds. The highest BCUT2D eigenvalue weighted by atomic mass is 16.5. The third kappa shape index (κ3) is 6.98. The van der Waals surface area contributed by atoms with Crippen LogP contribution in [0.15, 0.2) is 84.0 Å². The first-order valence-corrected chi connectivity index (χ1v) is 9.67. The molecule has 3 aromatic rings. The van der Waals surface area contributed by atoms with Gasteiger partial charge in [0.05, 0.1) is 12.8 Å². The number of ether oxygens (including phenoxy) is 3. The first kappa shape index (κ1) is 20.9. The van der Waals surface area contributed by atoms with Crippen molar-refractivity contribution in [2.24, 2.45) is 5.10 Å². The maximum Gasteiger partial charge on any atom is 0.277 e. The van der Waals surface area contributed by atoms with Gasteiger partial charge >= 0.3 is 0 Å². The molecule has 0 aliphatic heterocycles. The van der Waals surface area contributed by atoms with E-state index in [0.717, 1.165) is 22.6 Å². The van der Waals surface area contributed by atoms with Crippen LogP contribution in [0.1, 0.15) is 18.1 Å². The van der Waals surface area contributed by atoms with E-state index < -0.39 is 0 Å². The van der Waals surface area contributed by atoms with Crippen molar-refractivity contribution in [2.45, 2.75) is 13.5 Å². The molecule has 30 heavy (non-hydrogen) atoms. The van der Waals surface area contributed by atoms with E-state index in [4.69, 9.17) is 14.2 Å². The van der Waals surface area contributed by atoms with Crippen LogP contribution < -0.4 is 19.6 Å². The van der Waals surface area contributed by atoms with Crippen LogP contribution in [0.4, 0.5) is 0 Å². The predicted molar refractivity (Wildman–Crippen MR) is 116 cm³/mol. The summed E-state index contributed by atoms with van der Waals surface area (Å²) in [5.74, 6) is 1.72. The van der Waals surface area contributed by atoms with Crippen molar-refractivity contribution >= 4 is 12.1 Å². The molecule has 0 aromatic heterocycles. The molecule has 0 radical (unpaired) electrons. The predicted octanol–water partition coefficient (Wildman–Crippen LogP) is 4.19. The summed E-state index contributed by atoms with van der Waals surface area (Å²) >= 11 is 0. The number of hydrogen-bond acceptors (Lipinski definition) is 5. The van der Waals surface area contributed by atoms with Gasteiger partial charge in [-0.1, -0.05) is 42.5 Å². The molecule has 6 nitrogen and oxygen atoms in total. The van der Waals surface area contributed by atoms with Gasteiger partial charge in [-0.2, -0.15) is 5.10 Å². The second kappa shape index (κ2) is 11.3. The van der Waals surface area contributed by atoms with E-state index in [9.17, 15) is 4.79 Å². The number of hydrazone groups is 1. The topological polar surface area (TPSA) is 69.2 Å². The summed E-state index contributed by atoms with van der Waals surface area (Å²) < 4.78 is 16.6. The quantitative estimate of drug-likeness (QED) is 0.406. The molecule has 0 aliphatic rings. The van der Waals surface area contributed by atoms with Crippen LogP contribution in [0.3, 0.4) is 0 Å². The molecule has 6 heteroatoms. The fraction of sp³-hybridized carbons (Fsp3) is 0.167. The molecule has 0 bridgehead atoms. The lowest BCUT2D eigenvalue weighted by atomic mass is 10.2. The molecule has 3 aromatic carbocycles. The van der Waals surface area contributed by atoms with Crippen molar-refractivity contribution < 1.29 is 19.0 Å². The summed E-state index contributed by atoms with van der Waals surface area (Å²) in [6.07, 6.45) is 1.56. The molecule has 0 unspecified atom stereocenters. The molecule has 3 rings (SSSR count). The summed E-state index contributed by atoms with van der Waals surface area (Å²) in [5.41, 5.74) is 4.36. The Kier molecular flexibility index (Phi) is 7.85. The zero-order valence-electron chi connectivity index (χ0n) is 16.8. The third-order valence-corrected chi connectivity index (χ3v) is 4.01. The lowest BCUT2D eigenvalue weighted by Gasteiger charge is -2.07. The smallest absolute Gasteiger partial charge is 0.277 e. The number of hydrogen-bond donors (Lipinski definition) is 1. The number of amides is 1. The Morgan fingerprint density at radius 2 is 1.60 bits per heavy atom. The molecular weight excluding hydrogens is 380 g/mol. The Hall–Kier alpha value is -3.80. The maximum absolute atomic E-state index is 11.9. The molecule has 154 valence electrons. The zero-order chi connectivity index (χ0) is 21.0. The SMILES string of the molecule is CCOc1ccc(OCC(=O)N/N=C\c2cccc(OCc3ccccc3)c2)cc1. The molecule has 0 heterocycles. The van der Waals surface area contributed by atoms with Crippen molar-refractivity contribution in [3.63, 3.8) is 0 Å². The van der Waals surface area contributed by atoms with Gasteiger partial charge in [-0.3, -0.25) is 4.79 Å². The van der Waals surface area contributed by atoms with Crippen molar-refractivity contribution in [1.29, 1.82) is 0 Å². The number of nitrogens with one attached hydrogen (secondary N) is 1. The first-order chi connectivity index (χ1) is 14.7. The summed E-state index contributed by atoms with van der Waals surface area (Å²) in [5, 5.41) is 3.97. The highest BCUT2D eigenvalue weighted by Crippen LogP contribution is 2.17. The fourth-order valence-electron chi connectivity index (χ4n) is 2.58. The molecular formula is C24H24N2O4. The number of carbonyl (C=O) groups is 1. The van der Waals surface area contributed by atoms with Crippen LogP contribution in [0.25, 0.3) is 0 Å². The van der Waals surface area contributed by atoms with Gasteiger partial charge in [-0.15, -0.1) is 0 Å². The van der Waals surface area contributed by atoms with E-state index >= 15 is 0 Å². The molecule has 0 atom stereocenters. The molecule has 0 saturated heterocycles. The molecule has 0 aliphatic carbocycles. The van der Waals surface area contributed by atoms with Gasteiger partial charge in [0.25, 0.3) is 5.91 Å². The summed E-state index contributed by atoms with van der Waals surface area (Å²) in [6.45, 7) is 2.87. The number of carbonyl (C=O) groups excluding carboxylic acids is 1. The van der Waals surface area contributed by atoms with E-state index in [0.29, 0.717) is 19.0 Å². The van der Waals surface area contributed by atoms with Gasteiger partial charge in [0, 0.05) is 0 Å². The van der Waals surface area contributed by atoms with Crippen molar-refractivity contribution in [3.05, 3.63) is 90.0 Å². The number of rotatable bonds is 10. The highest BCUT2D eigenvalue weighted by Gasteiger charge is 2.02. The maximum atomic E-state index is 11.9. The summed E-state index contributed by atoms with van der Waals surface area (Å²) in [4.78, 5) is 11.9. The number of nitrogens with zero attached hydrogens (tertiary/aromatic N) is 1. The van der Waals surface area contributed by atoms with E-state index in [1.54, 1.807) is 30.5 Å². The normalized spacial score (nSPS) is 10.6. The Morgan fingerprint density at radius 3 is 2.33 bits per heavy atom. The Morgan fingerprint density at radius 1 is 0.867 bits per heavy atom. The van der Waals surface area contributed by atoms with Crippen LogP contribution in [-0.4, -0.2) is 25.3 Å². The largest absolute Gasteiger partial charge is 0.494 e. The Labute approximate surface area is 176 Å². The van der Waals surface area contributed by atoms with Gasteiger partial charge in [-0.25, -0.2) is 5.43 Å². The minimum atomic E-state index is -0.350. The minimum Gasteiger partial charge on any atom is -0.494 e. The molecule has 0 fully saturated rings. The molecule has 0 spiro atoms. The summed E-state index contributed by atoms with van der Waals surface area (Å²) in [7, 11) is 0. The van der Waals surface area contributed by atoms with Gasteiger partial charge < -0.3 is 14.2 Å². The van der Waals surface area contributed by atoms with Crippen LogP contribution in [0.2, 0.25) is 0 Å². The van der Waals surface area contributed by atoms with Crippen molar-refractivity contribution in [3.8, 4) is 17.2 Å². The molecule has 1 N–H and O–H groups in total. The van der Waals surface area contributed by atoms with Crippen LogP contribution in [-0.2, 0) is 11.4 Å². The third-order valence-electron chi connectivity index (χ3n) is 4.01. The van der Waals surface area contributed by atoms with E-state index in [1.807, 2.05) is 61.5 Å². The van der Waals surface area contributed by atoms with Gasteiger partial charge in [0.15, 0.2) is 6.61 Å². The first-order valence-electron chi connectivity index (χ1n) is 9.67. The lowest BCUT2D eigenvalue weighted by Crippen LogP contribution is -2.24. The van der Waals surface area contributed by atoms with Gasteiger partial charge in [-0.05, 0) is 54.4 Å². The van der Waals surface area contributed by atoms with E-state index in [-0.39, 0.29) is 12.5 Å². The Bertz CT molecular complexity index is 956. The second-order valence-electron chi connectivity index (χ2n) is 6.33. The fourth-order valence-corrected chi connectivity index (χ4v) is 2.58.